The van der Waals surface area contributed by atoms with E-state index in [-0.39, 0.29) is 19.2 Å². The van der Waals surface area contributed by atoms with Gasteiger partial charge in [0, 0.05) is 30.3 Å². The Morgan fingerprint density at radius 3 is 2.57 bits per heavy atom. The number of likely N-dealkylation sites (tertiary alicyclic amines) is 1. The van der Waals surface area contributed by atoms with E-state index in [1.54, 1.807) is 13.3 Å². The molecule has 0 unspecified atom stereocenters. The molecule has 0 N–H and O–H groups in total. The third kappa shape index (κ3) is 7.45. The molecule has 4 aromatic rings. The number of hydrogen-bond acceptors (Lipinski definition) is 6. The Balaban J connectivity index is 1.25. The van der Waals surface area contributed by atoms with E-state index in [0.717, 1.165) is 28.1 Å². The highest BCUT2D eigenvalue weighted by Crippen LogP contribution is 2.39. The van der Waals surface area contributed by atoms with Crippen molar-refractivity contribution in [2.45, 2.75) is 38.7 Å². The number of halogens is 4. The van der Waals surface area contributed by atoms with Gasteiger partial charge in [-0.05, 0) is 74.5 Å². The first-order valence-electron chi connectivity index (χ1n) is 14.6. The Kier molecular flexibility index (Phi) is 10.3. The van der Waals surface area contributed by atoms with Crippen LogP contribution in [0, 0.1) is 22.9 Å². The van der Waals surface area contributed by atoms with Gasteiger partial charge in [0.05, 0.1) is 23.1 Å². The van der Waals surface area contributed by atoms with Gasteiger partial charge in [0.15, 0.2) is 11.6 Å². The summed E-state index contributed by atoms with van der Waals surface area (Å²) in [6.45, 7) is 1.81. The molecule has 2 heterocycles. The predicted molar refractivity (Wildman–Crippen MR) is 162 cm³/mol. The maximum absolute atomic E-state index is 14.0. The summed E-state index contributed by atoms with van der Waals surface area (Å²) in [7, 11) is 1.61. The second-order valence-corrected chi connectivity index (χ2v) is 11.5. The van der Waals surface area contributed by atoms with E-state index in [1.807, 2.05) is 48.5 Å². The fourth-order valence-corrected chi connectivity index (χ4v) is 5.99. The van der Waals surface area contributed by atoms with E-state index in [1.165, 1.54) is 0 Å². The molecule has 0 spiro atoms. The number of aryl methyl sites for hydroxylation is 1. The van der Waals surface area contributed by atoms with Gasteiger partial charge in [-0.2, -0.15) is 4.39 Å². The standard InChI is InChI=1S/C34H34ClF3N2O4/c1-42-25-9-10-30-27(20-25)26(28(35)21-39-30)8-5-11-34(33(41)44-22-23-6-3-2-4-7-23)12-14-40(15-13-34)16-17-43-31-19-24(36)18-29(37)32(31)38/h2-4,6-7,9-10,18-21H,5,8,11-17,22H2,1H3. The van der Waals surface area contributed by atoms with E-state index in [2.05, 4.69) is 9.88 Å². The number of rotatable bonds is 12. The number of hydrogen-bond donors (Lipinski definition) is 0. The number of benzene rings is 3. The summed E-state index contributed by atoms with van der Waals surface area (Å²) in [5.74, 6) is -3.40. The summed E-state index contributed by atoms with van der Waals surface area (Å²) in [4.78, 5) is 20.2. The van der Waals surface area contributed by atoms with Crippen molar-refractivity contribution < 1.29 is 32.2 Å². The molecule has 0 aliphatic carbocycles. The molecular formula is C34H34ClF3N2O4. The third-order valence-corrected chi connectivity index (χ3v) is 8.63. The highest BCUT2D eigenvalue weighted by atomic mass is 35.5. The second-order valence-electron chi connectivity index (χ2n) is 11.1. The molecule has 3 aromatic carbocycles. The van der Waals surface area contributed by atoms with Crippen LogP contribution in [0.5, 0.6) is 11.5 Å². The van der Waals surface area contributed by atoms with Crippen molar-refractivity contribution in [2.75, 3.05) is 33.4 Å². The van der Waals surface area contributed by atoms with Gasteiger partial charge < -0.3 is 14.2 Å². The number of esters is 1. The van der Waals surface area contributed by atoms with E-state index >= 15 is 0 Å². The van der Waals surface area contributed by atoms with Crippen LogP contribution in [-0.2, 0) is 22.6 Å². The lowest BCUT2D eigenvalue weighted by molar-refractivity contribution is -0.161. The SMILES string of the molecule is COc1ccc2ncc(Cl)c(CCCC3(C(=O)OCc4ccccc4)CCN(CCOc4cc(F)cc(F)c4F)CC3)c2c1. The summed E-state index contributed by atoms with van der Waals surface area (Å²) in [6, 6.07) is 16.5. The van der Waals surface area contributed by atoms with Gasteiger partial charge in [0.1, 0.15) is 24.8 Å². The lowest BCUT2D eigenvalue weighted by Crippen LogP contribution is -2.46. The van der Waals surface area contributed by atoms with E-state index in [4.69, 9.17) is 25.8 Å². The second kappa shape index (κ2) is 14.3. The van der Waals surface area contributed by atoms with Gasteiger partial charge >= 0.3 is 5.97 Å². The third-order valence-electron chi connectivity index (χ3n) is 8.30. The molecule has 6 nitrogen and oxygen atoms in total. The molecule has 0 amide bonds. The van der Waals surface area contributed by atoms with Crippen molar-refractivity contribution in [2.24, 2.45) is 5.41 Å². The Labute approximate surface area is 259 Å². The zero-order valence-electron chi connectivity index (χ0n) is 24.5. The predicted octanol–water partition coefficient (Wildman–Crippen LogP) is 7.54. The topological polar surface area (TPSA) is 60.9 Å². The Bertz CT molecular complexity index is 1600. The first-order chi connectivity index (χ1) is 21.3. The smallest absolute Gasteiger partial charge is 0.312 e. The van der Waals surface area contributed by atoms with Crippen LogP contribution in [0.1, 0.15) is 36.8 Å². The summed E-state index contributed by atoms with van der Waals surface area (Å²) >= 11 is 6.60. The molecule has 0 saturated carbocycles. The maximum atomic E-state index is 14.0. The average Bonchev–Trinajstić information content (AvgIpc) is 3.04. The van der Waals surface area contributed by atoms with Crippen molar-refractivity contribution in [3.63, 3.8) is 0 Å². The minimum Gasteiger partial charge on any atom is -0.497 e. The quantitative estimate of drug-likeness (QED) is 0.120. The first-order valence-corrected chi connectivity index (χ1v) is 15.0. The Hall–Kier alpha value is -3.82. The van der Waals surface area contributed by atoms with Crippen LogP contribution in [0.3, 0.4) is 0 Å². The number of carbonyl (C=O) groups is 1. The van der Waals surface area contributed by atoms with Crippen molar-refractivity contribution in [1.29, 1.82) is 0 Å². The van der Waals surface area contributed by atoms with Crippen LogP contribution >= 0.6 is 11.6 Å². The molecule has 1 aromatic heterocycles. The molecule has 232 valence electrons. The average molecular weight is 627 g/mol. The lowest BCUT2D eigenvalue weighted by Gasteiger charge is -2.40. The monoisotopic (exact) mass is 626 g/mol. The number of carbonyl (C=O) groups excluding carboxylic acids is 1. The maximum Gasteiger partial charge on any atom is 0.312 e. The van der Waals surface area contributed by atoms with Crippen LogP contribution < -0.4 is 9.47 Å². The number of methoxy groups -OCH3 is 1. The zero-order valence-corrected chi connectivity index (χ0v) is 25.2. The van der Waals surface area contributed by atoms with Crippen LogP contribution in [0.2, 0.25) is 5.02 Å². The fourth-order valence-electron chi connectivity index (χ4n) is 5.75. The Morgan fingerprint density at radius 1 is 1.05 bits per heavy atom. The van der Waals surface area contributed by atoms with Gasteiger partial charge in [-0.3, -0.25) is 14.7 Å². The molecular weight excluding hydrogens is 593 g/mol. The molecule has 1 saturated heterocycles. The molecule has 0 radical (unpaired) electrons. The van der Waals surface area contributed by atoms with E-state index in [9.17, 15) is 18.0 Å². The highest BCUT2D eigenvalue weighted by Gasteiger charge is 2.42. The van der Waals surface area contributed by atoms with Crippen molar-refractivity contribution >= 4 is 28.5 Å². The minimum absolute atomic E-state index is 0.0440. The van der Waals surface area contributed by atoms with Gasteiger partial charge in [-0.15, -0.1) is 0 Å². The van der Waals surface area contributed by atoms with Crippen LogP contribution in [-0.4, -0.2) is 49.2 Å². The van der Waals surface area contributed by atoms with Crippen LogP contribution in [0.15, 0.2) is 66.9 Å². The number of pyridine rings is 1. The molecule has 1 fully saturated rings. The highest BCUT2D eigenvalue weighted by molar-refractivity contribution is 6.32. The van der Waals surface area contributed by atoms with Crippen molar-refractivity contribution in [3.8, 4) is 11.5 Å². The summed E-state index contributed by atoms with van der Waals surface area (Å²) in [5, 5.41) is 1.48. The summed E-state index contributed by atoms with van der Waals surface area (Å²) in [5.41, 5.74) is 1.99. The number of fused-ring (bicyclic) bond motifs is 1. The van der Waals surface area contributed by atoms with Gasteiger partial charge in [0.2, 0.25) is 5.82 Å². The minimum atomic E-state index is -1.29. The number of aromatic nitrogens is 1. The summed E-state index contributed by atoms with van der Waals surface area (Å²) < 4.78 is 57.6. The molecule has 44 heavy (non-hydrogen) atoms. The van der Waals surface area contributed by atoms with E-state index < -0.39 is 28.6 Å². The number of nitrogens with zero attached hydrogens (tertiary/aromatic N) is 2. The van der Waals surface area contributed by atoms with Gasteiger partial charge in [-0.25, -0.2) is 8.78 Å². The van der Waals surface area contributed by atoms with Gasteiger partial charge in [-0.1, -0.05) is 41.9 Å². The molecule has 10 heteroatoms. The van der Waals surface area contributed by atoms with Gasteiger partial charge in [0.25, 0.3) is 0 Å². The normalized spacial score (nSPS) is 14.8. The number of piperidine rings is 1. The Morgan fingerprint density at radius 2 is 1.82 bits per heavy atom. The van der Waals surface area contributed by atoms with E-state index in [0.29, 0.717) is 68.6 Å². The first kappa shape index (κ1) is 31.6. The lowest BCUT2D eigenvalue weighted by atomic mass is 9.74. The van der Waals surface area contributed by atoms with Crippen LogP contribution in [0.4, 0.5) is 13.2 Å². The van der Waals surface area contributed by atoms with Crippen molar-refractivity contribution in [1.82, 2.24) is 9.88 Å². The molecule has 1 aliphatic rings. The number of ether oxygens (including phenoxy) is 3. The van der Waals surface area contributed by atoms with Crippen LogP contribution in [0.25, 0.3) is 10.9 Å². The molecule has 0 bridgehead atoms. The molecule has 1 aliphatic heterocycles. The molecule has 5 rings (SSSR count). The fraction of sp³-hybridized carbons (Fsp3) is 0.353. The zero-order chi connectivity index (χ0) is 31.1. The summed E-state index contributed by atoms with van der Waals surface area (Å²) in [6.07, 6.45) is 4.71. The molecule has 0 atom stereocenters. The van der Waals surface area contributed by atoms with Crippen molar-refractivity contribution in [3.05, 3.63) is 100 Å². The largest absolute Gasteiger partial charge is 0.497 e.